The van der Waals surface area contributed by atoms with Gasteiger partial charge in [0.1, 0.15) is 5.75 Å². The quantitative estimate of drug-likeness (QED) is 0.803. The second-order valence-electron chi connectivity index (χ2n) is 6.20. The number of rotatable bonds is 6. The molecule has 0 radical (unpaired) electrons. The molecule has 0 spiro atoms. The van der Waals surface area contributed by atoms with Crippen LogP contribution in [0.2, 0.25) is 5.02 Å². The number of aliphatic carboxylic acids is 1. The maximum Gasteiger partial charge on any atom is 0.310 e. The molecule has 0 saturated carbocycles. The van der Waals surface area contributed by atoms with Crippen molar-refractivity contribution in [1.29, 1.82) is 0 Å². The summed E-state index contributed by atoms with van der Waals surface area (Å²) in [5, 5.41) is 12.4. The molecule has 1 unspecified atom stereocenters. The molecule has 25 heavy (non-hydrogen) atoms. The molecule has 2 aromatic rings. The maximum atomic E-state index is 12.5. The van der Waals surface area contributed by atoms with Gasteiger partial charge in [0.05, 0.1) is 5.92 Å². The highest BCUT2D eigenvalue weighted by molar-refractivity contribution is 6.30. The fraction of sp³-hybridized carbons (Fsp3) is 0.263. The molecule has 2 N–H and O–H groups in total. The van der Waals surface area contributed by atoms with Crippen molar-refractivity contribution >= 4 is 29.2 Å². The van der Waals surface area contributed by atoms with Crippen LogP contribution in [0, 0.1) is 0 Å². The van der Waals surface area contributed by atoms with E-state index in [2.05, 4.69) is 5.32 Å². The minimum atomic E-state index is -1.10. The predicted octanol–water partition coefficient (Wildman–Crippen LogP) is 4.32. The molecular weight excluding hydrogens is 342 g/mol. The van der Waals surface area contributed by atoms with Crippen molar-refractivity contribution in [1.82, 2.24) is 0 Å². The van der Waals surface area contributed by atoms with E-state index >= 15 is 0 Å². The van der Waals surface area contributed by atoms with Crippen LogP contribution in [0.1, 0.15) is 32.3 Å². The van der Waals surface area contributed by atoms with E-state index in [0.29, 0.717) is 22.0 Å². The number of carboxylic acids is 1. The number of halogens is 1. The SMILES string of the molecule is CC(C(=O)O)c1ccc(NC(=O)C(C)(C)Oc2ccc(Cl)cc2)cc1. The number of amides is 1. The number of ether oxygens (including phenoxy) is 1. The predicted molar refractivity (Wildman–Crippen MR) is 97.3 cm³/mol. The van der Waals surface area contributed by atoms with Crippen LogP contribution in [0.5, 0.6) is 5.75 Å². The topological polar surface area (TPSA) is 75.6 Å². The van der Waals surface area contributed by atoms with E-state index in [0.717, 1.165) is 0 Å². The first-order valence-corrected chi connectivity index (χ1v) is 8.15. The molecular formula is C19H20ClNO4. The summed E-state index contributed by atoms with van der Waals surface area (Å²) in [6, 6.07) is 13.5. The first kappa shape index (κ1) is 18.8. The summed E-state index contributed by atoms with van der Waals surface area (Å²) in [7, 11) is 0. The second-order valence-corrected chi connectivity index (χ2v) is 6.64. The van der Waals surface area contributed by atoms with Gasteiger partial charge in [-0.3, -0.25) is 9.59 Å². The van der Waals surface area contributed by atoms with Gasteiger partial charge in [-0.05, 0) is 62.7 Å². The van der Waals surface area contributed by atoms with E-state index in [9.17, 15) is 9.59 Å². The first-order chi connectivity index (χ1) is 11.7. The lowest BCUT2D eigenvalue weighted by atomic mass is 10.0. The molecule has 1 amide bonds. The molecule has 0 aliphatic heterocycles. The molecule has 0 aromatic heterocycles. The molecule has 0 fully saturated rings. The van der Waals surface area contributed by atoms with Gasteiger partial charge in [-0.25, -0.2) is 0 Å². The first-order valence-electron chi connectivity index (χ1n) is 7.78. The third kappa shape index (κ3) is 4.97. The van der Waals surface area contributed by atoms with Crippen LogP contribution in [0.4, 0.5) is 5.69 Å². The van der Waals surface area contributed by atoms with E-state index in [4.69, 9.17) is 21.4 Å². The Kier molecular flexibility index (Phi) is 5.69. The van der Waals surface area contributed by atoms with E-state index in [1.165, 1.54) is 0 Å². The van der Waals surface area contributed by atoms with E-state index in [1.54, 1.807) is 69.3 Å². The zero-order chi connectivity index (χ0) is 18.6. The minimum Gasteiger partial charge on any atom is -0.481 e. The number of nitrogens with one attached hydrogen (secondary N) is 1. The summed E-state index contributed by atoms with van der Waals surface area (Å²) in [6.07, 6.45) is 0. The molecule has 2 aromatic carbocycles. The normalized spacial score (nSPS) is 12.3. The fourth-order valence-corrected chi connectivity index (χ4v) is 2.25. The molecule has 0 saturated heterocycles. The number of hydrogen-bond donors (Lipinski definition) is 2. The van der Waals surface area contributed by atoms with Crippen LogP contribution >= 0.6 is 11.6 Å². The highest BCUT2D eigenvalue weighted by Gasteiger charge is 2.30. The number of carbonyl (C=O) groups excluding carboxylic acids is 1. The van der Waals surface area contributed by atoms with Crippen molar-refractivity contribution in [3.8, 4) is 5.75 Å². The Balaban J connectivity index is 2.04. The lowest BCUT2D eigenvalue weighted by Gasteiger charge is -2.25. The number of hydrogen-bond acceptors (Lipinski definition) is 3. The Hall–Kier alpha value is -2.53. The highest BCUT2D eigenvalue weighted by Crippen LogP contribution is 2.23. The van der Waals surface area contributed by atoms with Crippen molar-refractivity contribution in [2.24, 2.45) is 0 Å². The van der Waals surface area contributed by atoms with Gasteiger partial charge >= 0.3 is 5.97 Å². The van der Waals surface area contributed by atoms with Gasteiger partial charge in [0.25, 0.3) is 5.91 Å². The maximum absolute atomic E-state index is 12.5. The molecule has 0 heterocycles. The van der Waals surface area contributed by atoms with E-state index in [1.807, 2.05) is 0 Å². The van der Waals surface area contributed by atoms with Crippen molar-refractivity contribution in [2.75, 3.05) is 5.32 Å². The third-order valence-corrected chi connectivity index (χ3v) is 4.02. The van der Waals surface area contributed by atoms with Crippen LogP contribution in [-0.2, 0) is 9.59 Å². The Morgan fingerprint density at radius 2 is 1.64 bits per heavy atom. The summed E-state index contributed by atoms with van der Waals surface area (Å²) < 4.78 is 5.74. The van der Waals surface area contributed by atoms with E-state index in [-0.39, 0.29) is 5.91 Å². The van der Waals surface area contributed by atoms with Gasteiger partial charge in [-0.2, -0.15) is 0 Å². The Labute approximate surface area is 151 Å². The summed E-state index contributed by atoms with van der Waals surface area (Å²) in [5.41, 5.74) is 0.141. The zero-order valence-electron chi connectivity index (χ0n) is 14.2. The van der Waals surface area contributed by atoms with Gasteiger partial charge in [0.2, 0.25) is 0 Å². The van der Waals surface area contributed by atoms with Gasteiger partial charge in [0, 0.05) is 10.7 Å². The summed E-state index contributed by atoms with van der Waals surface area (Å²) in [6.45, 7) is 4.94. The van der Waals surface area contributed by atoms with Crippen molar-refractivity contribution in [3.63, 3.8) is 0 Å². The molecule has 5 nitrogen and oxygen atoms in total. The van der Waals surface area contributed by atoms with Crippen LogP contribution in [-0.4, -0.2) is 22.6 Å². The second kappa shape index (κ2) is 7.57. The summed E-state index contributed by atoms with van der Waals surface area (Å²) in [4.78, 5) is 23.5. The molecule has 0 aliphatic rings. The average molecular weight is 362 g/mol. The molecule has 1 atom stereocenters. The van der Waals surface area contributed by atoms with Gasteiger partial charge < -0.3 is 15.2 Å². The average Bonchev–Trinajstić information content (AvgIpc) is 2.56. The van der Waals surface area contributed by atoms with Crippen LogP contribution in [0.25, 0.3) is 0 Å². The Bertz CT molecular complexity index is 754. The standard InChI is InChI=1S/C19H20ClNO4/c1-12(17(22)23)13-4-8-15(9-5-13)21-18(24)19(2,3)25-16-10-6-14(20)7-11-16/h4-12H,1-3H3,(H,21,24)(H,22,23). The van der Waals surface area contributed by atoms with Crippen LogP contribution in [0.3, 0.4) is 0 Å². The van der Waals surface area contributed by atoms with Gasteiger partial charge in [-0.15, -0.1) is 0 Å². The van der Waals surface area contributed by atoms with Crippen LogP contribution < -0.4 is 10.1 Å². The minimum absolute atomic E-state index is 0.318. The summed E-state index contributed by atoms with van der Waals surface area (Å²) in [5.74, 6) is -1.28. The number of carbonyl (C=O) groups is 2. The Morgan fingerprint density at radius 1 is 1.08 bits per heavy atom. The zero-order valence-corrected chi connectivity index (χ0v) is 15.0. The summed E-state index contributed by atoms with van der Waals surface area (Å²) >= 11 is 5.84. The smallest absolute Gasteiger partial charge is 0.310 e. The van der Waals surface area contributed by atoms with Crippen molar-refractivity contribution in [3.05, 3.63) is 59.1 Å². The largest absolute Gasteiger partial charge is 0.481 e. The fourth-order valence-electron chi connectivity index (χ4n) is 2.12. The molecule has 2 rings (SSSR count). The number of carboxylic acid groups (broad SMARTS) is 1. The molecule has 6 heteroatoms. The van der Waals surface area contributed by atoms with Gasteiger partial charge in [0.15, 0.2) is 5.60 Å². The third-order valence-electron chi connectivity index (χ3n) is 3.77. The van der Waals surface area contributed by atoms with Crippen molar-refractivity contribution < 1.29 is 19.4 Å². The van der Waals surface area contributed by atoms with Gasteiger partial charge in [-0.1, -0.05) is 23.7 Å². The lowest BCUT2D eigenvalue weighted by Crippen LogP contribution is -2.42. The number of benzene rings is 2. The highest BCUT2D eigenvalue weighted by atomic mass is 35.5. The Morgan fingerprint density at radius 3 is 2.16 bits per heavy atom. The monoisotopic (exact) mass is 361 g/mol. The van der Waals surface area contributed by atoms with E-state index < -0.39 is 17.5 Å². The molecule has 0 bridgehead atoms. The molecule has 132 valence electrons. The van der Waals surface area contributed by atoms with Crippen molar-refractivity contribution in [2.45, 2.75) is 32.3 Å². The lowest BCUT2D eigenvalue weighted by molar-refractivity contribution is -0.138. The molecule has 0 aliphatic carbocycles. The number of anilines is 1. The van der Waals surface area contributed by atoms with Crippen LogP contribution in [0.15, 0.2) is 48.5 Å².